The number of nitrogens with zero attached hydrogens (tertiary/aromatic N) is 2. The Morgan fingerprint density at radius 1 is 1.14 bits per heavy atom. The highest BCUT2D eigenvalue weighted by atomic mass is 16.3. The monoisotopic (exact) mass is 295 g/mol. The van der Waals surface area contributed by atoms with Crippen molar-refractivity contribution in [1.82, 2.24) is 9.78 Å². The van der Waals surface area contributed by atoms with Gasteiger partial charge in [0.25, 0.3) is 5.91 Å². The quantitative estimate of drug-likeness (QED) is 0.804. The number of amides is 1. The Bertz CT molecular complexity index is 813. The zero-order chi connectivity index (χ0) is 15.7. The molecule has 1 amide bonds. The van der Waals surface area contributed by atoms with Gasteiger partial charge >= 0.3 is 0 Å². The minimum Gasteiger partial charge on any atom is -0.461 e. The van der Waals surface area contributed by atoms with Crippen LogP contribution in [0, 0.1) is 13.8 Å². The Morgan fingerprint density at radius 2 is 1.86 bits per heavy atom. The molecule has 0 saturated heterocycles. The molecule has 0 bridgehead atoms. The predicted molar refractivity (Wildman–Crippen MR) is 84.8 cm³/mol. The van der Waals surface area contributed by atoms with Gasteiger partial charge in [-0.1, -0.05) is 12.1 Å². The summed E-state index contributed by atoms with van der Waals surface area (Å²) in [6.07, 6.45) is 1.78. The van der Waals surface area contributed by atoms with Crippen LogP contribution in [0.1, 0.15) is 21.8 Å². The normalized spacial score (nSPS) is 10.7. The minimum absolute atomic E-state index is 0.154. The van der Waals surface area contributed by atoms with Crippen LogP contribution in [-0.2, 0) is 7.05 Å². The predicted octanol–water partition coefficient (Wildman–Crippen LogP) is 3.55. The van der Waals surface area contributed by atoms with Crippen LogP contribution in [-0.4, -0.2) is 15.7 Å². The summed E-state index contributed by atoms with van der Waals surface area (Å²) in [6, 6.07) is 11.2. The molecule has 0 spiro atoms. The van der Waals surface area contributed by atoms with Crippen molar-refractivity contribution < 1.29 is 9.21 Å². The van der Waals surface area contributed by atoms with Crippen LogP contribution in [0.2, 0.25) is 0 Å². The van der Waals surface area contributed by atoms with Crippen molar-refractivity contribution in [1.29, 1.82) is 0 Å². The van der Waals surface area contributed by atoms with Crippen molar-refractivity contribution in [2.24, 2.45) is 7.05 Å². The third-order valence-corrected chi connectivity index (χ3v) is 3.43. The molecule has 0 aliphatic rings. The lowest BCUT2D eigenvalue weighted by Gasteiger charge is -2.04. The highest BCUT2D eigenvalue weighted by molar-refractivity contribution is 6.04. The number of hydrogen-bond donors (Lipinski definition) is 1. The van der Waals surface area contributed by atoms with Crippen molar-refractivity contribution >= 4 is 11.6 Å². The van der Waals surface area contributed by atoms with Crippen molar-refractivity contribution in [2.75, 3.05) is 5.32 Å². The first-order valence-electron chi connectivity index (χ1n) is 7.01. The highest BCUT2D eigenvalue weighted by Gasteiger charge is 2.10. The molecule has 1 aromatic carbocycles. The fourth-order valence-corrected chi connectivity index (χ4v) is 2.29. The maximum atomic E-state index is 12.3. The van der Waals surface area contributed by atoms with Gasteiger partial charge in [0.1, 0.15) is 11.5 Å². The van der Waals surface area contributed by atoms with Gasteiger partial charge in [-0.3, -0.25) is 9.48 Å². The summed E-state index contributed by atoms with van der Waals surface area (Å²) in [5, 5.41) is 7.07. The molecule has 0 saturated carbocycles. The summed E-state index contributed by atoms with van der Waals surface area (Å²) in [5.74, 6) is 1.51. The van der Waals surface area contributed by atoms with E-state index in [1.807, 2.05) is 45.2 Å². The van der Waals surface area contributed by atoms with Gasteiger partial charge in [0.2, 0.25) is 0 Å². The van der Waals surface area contributed by atoms with Gasteiger partial charge in [-0.05, 0) is 38.1 Å². The molecule has 3 rings (SSSR count). The Kier molecular flexibility index (Phi) is 3.55. The summed E-state index contributed by atoms with van der Waals surface area (Å²) >= 11 is 0. The van der Waals surface area contributed by atoms with Crippen LogP contribution in [0.5, 0.6) is 0 Å². The van der Waals surface area contributed by atoms with E-state index >= 15 is 0 Å². The lowest BCUT2D eigenvalue weighted by Crippen LogP contribution is -2.11. The molecular weight excluding hydrogens is 278 g/mol. The van der Waals surface area contributed by atoms with E-state index in [9.17, 15) is 4.79 Å². The lowest BCUT2D eigenvalue weighted by atomic mass is 10.1. The van der Waals surface area contributed by atoms with E-state index in [0.717, 1.165) is 28.5 Å². The third kappa shape index (κ3) is 2.79. The van der Waals surface area contributed by atoms with Crippen molar-refractivity contribution in [3.8, 4) is 11.3 Å². The van der Waals surface area contributed by atoms with Crippen LogP contribution in [0.3, 0.4) is 0 Å². The molecule has 2 heterocycles. The smallest absolute Gasteiger partial charge is 0.255 e. The second-order valence-corrected chi connectivity index (χ2v) is 5.24. The van der Waals surface area contributed by atoms with Crippen LogP contribution < -0.4 is 5.32 Å². The van der Waals surface area contributed by atoms with Gasteiger partial charge in [-0.2, -0.15) is 5.10 Å². The molecule has 2 aromatic heterocycles. The zero-order valence-corrected chi connectivity index (χ0v) is 12.8. The van der Waals surface area contributed by atoms with E-state index in [1.54, 1.807) is 23.0 Å². The fourth-order valence-electron chi connectivity index (χ4n) is 2.29. The summed E-state index contributed by atoms with van der Waals surface area (Å²) in [7, 11) is 1.82. The molecule has 0 aliphatic carbocycles. The van der Waals surface area contributed by atoms with Gasteiger partial charge in [-0.25, -0.2) is 0 Å². The third-order valence-electron chi connectivity index (χ3n) is 3.43. The molecule has 5 heteroatoms. The molecule has 5 nitrogen and oxygen atoms in total. The molecule has 0 fully saturated rings. The number of carbonyl (C=O) groups excluding carboxylic acids is 1. The average molecular weight is 295 g/mol. The van der Waals surface area contributed by atoms with Crippen LogP contribution in [0.15, 0.2) is 47.0 Å². The molecule has 22 heavy (non-hydrogen) atoms. The van der Waals surface area contributed by atoms with Crippen LogP contribution >= 0.6 is 0 Å². The van der Waals surface area contributed by atoms with E-state index in [4.69, 9.17) is 4.42 Å². The highest BCUT2D eigenvalue weighted by Crippen LogP contribution is 2.22. The number of carbonyl (C=O) groups is 1. The standard InChI is InChI=1S/C17H17N3O2/c1-11-4-9-16(22-11)13-5-7-14(8-6-13)17(21)18-15-10-20(3)19-12(15)2/h4-10H,1-3H3,(H,18,21). The van der Waals surface area contributed by atoms with Crippen molar-refractivity contribution in [3.63, 3.8) is 0 Å². The molecule has 112 valence electrons. The lowest BCUT2D eigenvalue weighted by molar-refractivity contribution is 0.102. The van der Waals surface area contributed by atoms with Crippen molar-refractivity contribution in [2.45, 2.75) is 13.8 Å². The maximum Gasteiger partial charge on any atom is 0.255 e. The summed E-state index contributed by atoms with van der Waals surface area (Å²) < 4.78 is 7.25. The first kappa shape index (κ1) is 14.1. The molecule has 0 unspecified atom stereocenters. The molecule has 0 radical (unpaired) electrons. The van der Waals surface area contributed by atoms with E-state index in [-0.39, 0.29) is 5.91 Å². The number of rotatable bonds is 3. The zero-order valence-electron chi connectivity index (χ0n) is 12.8. The molecule has 3 aromatic rings. The largest absolute Gasteiger partial charge is 0.461 e. The maximum absolute atomic E-state index is 12.3. The van der Waals surface area contributed by atoms with Gasteiger partial charge < -0.3 is 9.73 Å². The van der Waals surface area contributed by atoms with Gasteiger partial charge in [0.15, 0.2) is 0 Å². The Hall–Kier alpha value is -2.82. The number of aryl methyl sites for hydroxylation is 3. The van der Waals surface area contributed by atoms with E-state index < -0.39 is 0 Å². The number of nitrogens with one attached hydrogen (secondary N) is 1. The van der Waals surface area contributed by atoms with Gasteiger partial charge in [-0.15, -0.1) is 0 Å². The number of hydrogen-bond acceptors (Lipinski definition) is 3. The summed E-state index contributed by atoms with van der Waals surface area (Å²) in [6.45, 7) is 3.76. The SMILES string of the molecule is Cc1ccc(-c2ccc(C(=O)Nc3cn(C)nc3C)cc2)o1. The van der Waals surface area contributed by atoms with Crippen molar-refractivity contribution in [3.05, 3.63) is 59.6 Å². The van der Waals surface area contributed by atoms with E-state index in [0.29, 0.717) is 5.56 Å². The van der Waals surface area contributed by atoms with Gasteiger partial charge in [0, 0.05) is 24.4 Å². The molecule has 0 atom stereocenters. The van der Waals surface area contributed by atoms with Gasteiger partial charge in [0.05, 0.1) is 11.4 Å². The second-order valence-electron chi connectivity index (χ2n) is 5.24. The van der Waals surface area contributed by atoms with E-state index in [1.165, 1.54) is 0 Å². The molecular formula is C17H17N3O2. The fraction of sp³-hybridized carbons (Fsp3) is 0.176. The first-order chi connectivity index (χ1) is 10.5. The number of furan rings is 1. The summed E-state index contributed by atoms with van der Waals surface area (Å²) in [4.78, 5) is 12.3. The number of benzene rings is 1. The Labute approximate surface area is 128 Å². The number of anilines is 1. The Morgan fingerprint density at radius 3 is 2.41 bits per heavy atom. The summed E-state index contributed by atoms with van der Waals surface area (Å²) in [5.41, 5.74) is 3.05. The number of aromatic nitrogens is 2. The molecule has 1 N–H and O–H groups in total. The van der Waals surface area contributed by atoms with E-state index in [2.05, 4.69) is 10.4 Å². The van der Waals surface area contributed by atoms with Crippen LogP contribution in [0.4, 0.5) is 5.69 Å². The second kappa shape index (κ2) is 5.52. The van der Waals surface area contributed by atoms with Crippen LogP contribution in [0.25, 0.3) is 11.3 Å². The topological polar surface area (TPSA) is 60.1 Å². The average Bonchev–Trinajstić information content (AvgIpc) is 3.05. The minimum atomic E-state index is -0.154. The Balaban J connectivity index is 1.77. The first-order valence-corrected chi connectivity index (χ1v) is 7.01. The molecule has 0 aliphatic heterocycles.